The number of nitrogens with zero attached hydrogens (tertiary/aromatic N) is 2. The molecule has 0 bridgehead atoms. The molecular formula is C18H32N4O. The molecule has 130 valence electrons. The van der Waals surface area contributed by atoms with Gasteiger partial charge in [0.1, 0.15) is 0 Å². The molecule has 1 aliphatic rings. The molecule has 23 heavy (non-hydrogen) atoms. The van der Waals surface area contributed by atoms with Crippen molar-refractivity contribution < 1.29 is 5.11 Å². The van der Waals surface area contributed by atoms with E-state index < -0.39 is 0 Å². The number of anilines is 1. The summed E-state index contributed by atoms with van der Waals surface area (Å²) < 4.78 is 0. The summed E-state index contributed by atoms with van der Waals surface area (Å²) in [5.41, 5.74) is 6.97. The standard InChI is InChI=1S/C18H32N4O/c1-3-15-6-5-7-18(17(15)4-2)22-12-10-21(11-13-22)14-16(23)8-9-20-19/h5-7,16,20,23H,3-4,8-14,19H2,1-2H3. The highest BCUT2D eigenvalue weighted by atomic mass is 16.3. The fraction of sp³-hybridized carbons (Fsp3) is 0.667. The highest BCUT2D eigenvalue weighted by molar-refractivity contribution is 5.57. The number of nitrogens with one attached hydrogen (secondary N) is 1. The van der Waals surface area contributed by atoms with Crippen LogP contribution in [-0.4, -0.2) is 55.4 Å². The van der Waals surface area contributed by atoms with E-state index in [1.54, 1.807) is 0 Å². The second-order valence-corrected chi connectivity index (χ2v) is 6.31. The molecule has 1 atom stereocenters. The van der Waals surface area contributed by atoms with E-state index >= 15 is 0 Å². The molecule has 1 saturated heterocycles. The Bertz CT molecular complexity index is 472. The summed E-state index contributed by atoms with van der Waals surface area (Å²) in [6, 6.07) is 6.69. The van der Waals surface area contributed by atoms with E-state index in [1.807, 2.05) is 0 Å². The molecule has 5 heteroatoms. The van der Waals surface area contributed by atoms with Gasteiger partial charge in [-0.25, -0.2) is 0 Å². The lowest BCUT2D eigenvalue weighted by molar-refractivity contribution is 0.102. The number of piperazine rings is 1. The van der Waals surface area contributed by atoms with Crippen molar-refractivity contribution in [3.05, 3.63) is 29.3 Å². The first-order chi connectivity index (χ1) is 11.2. The predicted octanol–water partition coefficient (Wildman–Crippen LogP) is 1.15. The van der Waals surface area contributed by atoms with Gasteiger partial charge in [0.15, 0.2) is 0 Å². The number of nitrogens with two attached hydrogens (primary N) is 1. The van der Waals surface area contributed by atoms with Gasteiger partial charge in [-0.3, -0.25) is 16.2 Å². The molecular weight excluding hydrogens is 288 g/mol. The molecule has 0 saturated carbocycles. The van der Waals surface area contributed by atoms with Crippen LogP contribution in [0.1, 0.15) is 31.4 Å². The van der Waals surface area contributed by atoms with Gasteiger partial charge in [-0.2, -0.15) is 0 Å². The zero-order chi connectivity index (χ0) is 16.7. The third kappa shape index (κ3) is 4.91. The maximum absolute atomic E-state index is 10.0. The number of benzene rings is 1. The van der Waals surface area contributed by atoms with Crippen LogP contribution in [0.4, 0.5) is 5.69 Å². The number of hydrogen-bond donors (Lipinski definition) is 3. The number of hydrazine groups is 1. The van der Waals surface area contributed by atoms with Gasteiger partial charge in [-0.15, -0.1) is 0 Å². The normalized spacial score (nSPS) is 17.5. The topological polar surface area (TPSA) is 64.8 Å². The minimum atomic E-state index is -0.299. The van der Waals surface area contributed by atoms with Crippen LogP contribution in [-0.2, 0) is 12.8 Å². The van der Waals surface area contributed by atoms with Crippen molar-refractivity contribution in [2.75, 3.05) is 44.2 Å². The molecule has 2 rings (SSSR count). The first-order valence-electron chi connectivity index (χ1n) is 8.89. The van der Waals surface area contributed by atoms with Gasteiger partial charge in [0, 0.05) is 45.0 Å². The fourth-order valence-corrected chi connectivity index (χ4v) is 3.47. The summed E-state index contributed by atoms with van der Waals surface area (Å²) in [7, 11) is 0. The Kier molecular flexibility index (Phi) is 7.30. The number of aryl methyl sites for hydroxylation is 1. The first-order valence-corrected chi connectivity index (χ1v) is 8.89. The zero-order valence-electron chi connectivity index (χ0n) is 14.6. The molecule has 0 spiro atoms. The van der Waals surface area contributed by atoms with Crippen LogP contribution >= 0.6 is 0 Å². The quantitative estimate of drug-likeness (QED) is 0.495. The van der Waals surface area contributed by atoms with Gasteiger partial charge in [0.05, 0.1) is 6.10 Å². The van der Waals surface area contributed by atoms with E-state index in [9.17, 15) is 5.11 Å². The van der Waals surface area contributed by atoms with E-state index in [-0.39, 0.29) is 6.10 Å². The molecule has 1 aliphatic heterocycles. The molecule has 1 unspecified atom stereocenters. The van der Waals surface area contributed by atoms with Crippen LogP contribution in [0.3, 0.4) is 0 Å². The van der Waals surface area contributed by atoms with Crippen LogP contribution in [0.2, 0.25) is 0 Å². The molecule has 0 aliphatic carbocycles. The fourth-order valence-electron chi connectivity index (χ4n) is 3.47. The smallest absolute Gasteiger partial charge is 0.0679 e. The molecule has 0 amide bonds. The largest absolute Gasteiger partial charge is 0.392 e. The van der Waals surface area contributed by atoms with Gasteiger partial charge in [-0.1, -0.05) is 26.0 Å². The second kappa shape index (κ2) is 9.23. The van der Waals surface area contributed by atoms with E-state index in [0.29, 0.717) is 13.0 Å². The molecule has 4 N–H and O–H groups in total. The Morgan fingerprint density at radius 1 is 1.17 bits per heavy atom. The van der Waals surface area contributed by atoms with Gasteiger partial charge >= 0.3 is 0 Å². The summed E-state index contributed by atoms with van der Waals surface area (Å²) >= 11 is 0. The number of hydrogen-bond acceptors (Lipinski definition) is 5. The van der Waals surface area contributed by atoms with E-state index in [0.717, 1.165) is 45.6 Å². The lowest BCUT2D eigenvalue weighted by Crippen LogP contribution is -2.49. The lowest BCUT2D eigenvalue weighted by atomic mass is 10.00. The summed E-state index contributed by atoms with van der Waals surface area (Å²) in [5.74, 6) is 5.26. The monoisotopic (exact) mass is 320 g/mol. The Hall–Kier alpha value is -1.14. The van der Waals surface area contributed by atoms with Crippen molar-refractivity contribution in [3.8, 4) is 0 Å². The average molecular weight is 320 g/mol. The predicted molar refractivity (Wildman–Crippen MR) is 96.7 cm³/mol. The van der Waals surface area contributed by atoms with Crippen molar-refractivity contribution in [2.45, 2.75) is 39.2 Å². The Morgan fingerprint density at radius 3 is 2.52 bits per heavy atom. The third-order valence-corrected chi connectivity index (χ3v) is 4.79. The van der Waals surface area contributed by atoms with Gasteiger partial charge in [-0.05, 0) is 36.5 Å². The lowest BCUT2D eigenvalue weighted by Gasteiger charge is -2.38. The van der Waals surface area contributed by atoms with Crippen molar-refractivity contribution >= 4 is 5.69 Å². The summed E-state index contributed by atoms with van der Waals surface area (Å²) in [5, 5.41) is 10.0. The molecule has 0 radical (unpaired) electrons. The minimum Gasteiger partial charge on any atom is -0.392 e. The van der Waals surface area contributed by atoms with Gasteiger partial charge < -0.3 is 10.0 Å². The molecule has 1 aromatic carbocycles. The molecule has 1 heterocycles. The van der Waals surface area contributed by atoms with Crippen LogP contribution in [0.15, 0.2) is 18.2 Å². The Labute approximate surface area is 140 Å². The maximum atomic E-state index is 10.0. The molecule has 1 aromatic rings. The zero-order valence-corrected chi connectivity index (χ0v) is 14.6. The van der Waals surface area contributed by atoms with Crippen LogP contribution in [0.25, 0.3) is 0 Å². The SMILES string of the molecule is CCc1cccc(N2CCN(CC(O)CCNN)CC2)c1CC. The first kappa shape index (κ1) is 18.2. The maximum Gasteiger partial charge on any atom is 0.0679 e. The molecule has 1 fully saturated rings. The van der Waals surface area contributed by atoms with E-state index in [4.69, 9.17) is 5.84 Å². The van der Waals surface area contributed by atoms with E-state index in [2.05, 4.69) is 47.3 Å². The van der Waals surface area contributed by atoms with Crippen molar-refractivity contribution in [1.82, 2.24) is 10.3 Å². The minimum absolute atomic E-state index is 0.299. The Morgan fingerprint density at radius 2 is 1.91 bits per heavy atom. The summed E-state index contributed by atoms with van der Waals surface area (Å²) in [4.78, 5) is 4.86. The van der Waals surface area contributed by atoms with Crippen molar-refractivity contribution in [2.24, 2.45) is 5.84 Å². The molecule has 5 nitrogen and oxygen atoms in total. The Balaban J connectivity index is 1.92. The van der Waals surface area contributed by atoms with E-state index in [1.165, 1.54) is 16.8 Å². The third-order valence-electron chi connectivity index (χ3n) is 4.79. The number of β-amino-alcohol motifs (C(OH)–C–C–N with tert-alkyl or cyclic N) is 1. The van der Waals surface area contributed by atoms with Crippen LogP contribution < -0.4 is 16.2 Å². The van der Waals surface area contributed by atoms with Crippen LogP contribution in [0, 0.1) is 0 Å². The van der Waals surface area contributed by atoms with Crippen LogP contribution in [0.5, 0.6) is 0 Å². The van der Waals surface area contributed by atoms with Crippen molar-refractivity contribution in [1.29, 1.82) is 0 Å². The van der Waals surface area contributed by atoms with Gasteiger partial charge in [0.25, 0.3) is 0 Å². The summed E-state index contributed by atoms with van der Waals surface area (Å²) in [6.07, 6.45) is 2.59. The summed E-state index contributed by atoms with van der Waals surface area (Å²) in [6.45, 7) is 9.95. The number of aliphatic hydroxyl groups excluding tert-OH is 1. The number of aliphatic hydroxyl groups is 1. The second-order valence-electron chi connectivity index (χ2n) is 6.31. The van der Waals surface area contributed by atoms with Gasteiger partial charge in [0.2, 0.25) is 0 Å². The molecule has 0 aromatic heterocycles. The number of rotatable bonds is 8. The highest BCUT2D eigenvalue weighted by Gasteiger charge is 2.21. The average Bonchev–Trinajstić information content (AvgIpc) is 2.59. The highest BCUT2D eigenvalue weighted by Crippen LogP contribution is 2.26. The van der Waals surface area contributed by atoms with Crippen molar-refractivity contribution in [3.63, 3.8) is 0 Å².